The number of rotatable bonds is 5. The van der Waals surface area contributed by atoms with Gasteiger partial charge in [-0.1, -0.05) is 0 Å². The van der Waals surface area contributed by atoms with Crippen LogP contribution in [0.5, 0.6) is 0 Å². The molecule has 2 rings (SSSR count). The summed E-state index contributed by atoms with van der Waals surface area (Å²) in [6.07, 6.45) is 2.34. The number of thiazole rings is 1. The summed E-state index contributed by atoms with van der Waals surface area (Å²) in [5.74, 6) is 0. The Morgan fingerprint density at radius 1 is 1.27 bits per heavy atom. The molecule has 22 heavy (non-hydrogen) atoms. The molecule has 1 atom stereocenters. The number of aromatic nitrogens is 1. The zero-order chi connectivity index (χ0) is 16.1. The smallest absolute Gasteiger partial charge is 0.319 e. The summed E-state index contributed by atoms with van der Waals surface area (Å²) in [5, 5.41) is 6.58. The van der Waals surface area contributed by atoms with Crippen LogP contribution in [-0.2, 0) is 17.2 Å². The summed E-state index contributed by atoms with van der Waals surface area (Å²) in [5.41, 5.74) is 1.73. The van der Waals surface area contributed by atoms with E-state index in [-0.39, 0.29) is 6.03 Å². The molecule has 0 fully saturated rings. The van der Waals surface area contributed by atoms with E-state index < -0.39 is 10.8 Å². The first kappa shape index (κ1) is 16.6. The fourth-order valence-corrected chi connectivity index (χ4v) is 3.29. The molecule has 0 radical (unpaired) electrons. The van der Waals surface area contributed by atoms with Gasteiger partial charge in [-0.05, 0) is 38.1 Å². The van der Waals surface area contributed by atoms with Crippen LogP contribution in [0, 0.1) is 13.8 Å². The molecule has 1 aromatic carbocycles. The van der Waals surface area contributed by atoms with Crippen LogP contribution in [0.25, 0.3) is 0 Å². The molecule has 0 saturated heterocycles. The monoisotopic (exact) mass is 337 g/mol. The van der Waals surface area contributed by atoms with E-state index in [0.29, 0.717) is 12.2 Å². The predicted molar refractivity (Wildman–Crippen MR) is 91.1 cm³/mol. The van der Waals surface area contributed by atoms with Crippen molar-refractivity contribution in [2.45, 2.75) is 25.2 Å². The van der Waals surface area contributed by atoms with E-state index in [0.717, 1.165) is 22.0 Å². The number of amides is 2. The van der Waals surface area contributed by atoms with Crippen LogP contribution in [0.1, 0.15) is 15.6 Å². The van der Waals surface area contributed by atoms with Crippen LogP contribution in [0.4, 0.5) is 10.5 Å². The molecule has 1 unspecified atom stereocenters. The summed E-state index contributed by atoms with van der Waals surface area (Å²) in [4.78, 5) is 18.2. The maximum absolute atomic E-state index is 11.8. The van der Waals surface area contributed by atoms with Crippen molar-refractivity contribution in [2.24, 2.45) is 0 Å². The maximum Gasteiger partial charge on any atom is 0.319 e. The Morgan fingerprint density at radius 2 is 1.95 bits per heavy atom. The summed E-state index contributed by atoms with van der Waals surface area (Å²) >= 11 is 1.66. The molecule has 1 aromatic heterocycles. The highest BCUT2D eigenvalue weighted by atomic mass is 32.2. The third-order valence-electron chi connectivity index (χ3n) is 3.14. The molecule has 0 saturated carbocycles. The van der Waals surface area contributed by atoms with Crippen molar-refractivity contribution >= 4 is 33.9 Å². The van der Waals surface area contributed by atoms with E-state index in [1.807, 2.05) is 13.8 Å². The number of anilines is 1. The average Bonchev–Trinajstić information content (AvgIpc) is 2.78. The standard InChI is InChI=1S/C15H19N3O2S2/c1-10-11(2)21-14(17-10)8-9-16-15(19)18-12-4-6-13(7-5-12)22(3)20/h4-7H,8-9H2,1-3H3,(H2,16,18,19). The minimum atomic E-state index is -1.01. The van der Waals surface area contributed by atoms with Gasteiger partial charge in [0.15, 0.2) is 0 Å². The van der Waals surface area contributed by atoms with Gasteiger partial charge >= 0.3 is 6.03 Å². The number of nitrogens with zero attached hydrogens (tertiary/aromatic N) is 1. The highest BCUT2D eigenvalue weighted by molar-refractivity contribution is 7.84. The maximum atomic E-state index is 11.8. The predicted octanol–water partition coefficient (Wildman–Crippen LogP) is 2.86. The van der Waals surface area contributed by atoms with Crippen molar-refractivity contribution in [3.8, 4) is 0 Å². The van der Waals surface area contributed by atoms with Crippen LogP contribution in [-0.4, -0.2) is 28.0 Å². The van der Waals surface area contributed by atoms with Crippen molar-refractivity contribution in [2.75, 3.05) is 18.1 Å². The zero-order valence-corrected chi connectivity index (χ0v) is 14.4. The summed E-state index contributed by atoms with van der Waals surface area (Å²) in [6, 6.07) is 6.71. The number of carbonyl (C=O) groups excluding carboxylic acids is 1. The lowest BCUT2D eigenvalue weighted by atomic mass is 10.3. The number of carbonyl (C=O) groups is 1. The van der Waals surface area contributed by atoms with Gasteiger partial charge in [-0.2, -0.15) is 0 Å². The molecule has 0 spiro atoms. The Bertz CT molecular complexity index is 661. The Balaban J connectivity index is 1.79. The van der Waals surface area contributed by atoms with Crippen LogP contribution in [0.3, 0.4) is 0 Å². The van der Waals surface area contributed by atoms with Crippen molar-refractivity contribution < 1.29 is 9.00 Å². The summed E-state index contributed by atoms with van der Waals surface area (Å²) in [7, 11) is -1.01. The van der Waals surface area contributed by atoms with Gasteiger partial charge in [-0.25, -0.2) is 9.78 Å². The zero-order valence-electron chi connectivity index (χ0n) is 12.8. The molecule has 1 heterocycles. The molecule has 7 heteroatoms. The number of hydrogen-bond donors (Lipinski definition) is 2. The number of urea groups is 1. The van der Waals surface area contributed by atoms with E-state index in [1.54, 1.807) is 41.9 Å². The normalized spacial score (nSPS) is 12.0. The van der Waals surface area contributed by atoms with Gasteiger partial charge < -0.3 is 10.6 Å². The molecule has 2 N–H and O–H groups in total. The fraction of sp³-hybridized carbons (Fsp3) is 0.333. The van der Waals surface area contributed by atoms with Gasteiger partial charge in [0.1, 0.15) is 0 Å². The summed E-state index contributed by atoms with van der Waals surface area (Å²) in [6.45, 7) is 4.57. The first-order valence-electron chi connectivity index (χ1n) is 6.87. The molecule has 118 valence electrons. The third-order valence-corrected chi connectivity index (χ3v) is 5.21. The van der Waals surface area contributed by atoms with E-state index in [2.05, 4.69) is 15.6 Å². The van der Waals surface area contributed by atoms with E-state index in [4.69, 9.17) is 0 Å². The van der Waals surface area contributed by atoms with Crippen molar-refractivity contribution in [3.63, 3.8) is 0 Å². The number of aryl methyl sites for hydroxylation is 2. The number of benzene rings is 1. The lowest BCUT2D eigenvalue weighted by Gasteiger charge is -2.07. The van der Waals surface area contributed by atoms with Crippen molar-refractivity contribution in [1.29, 1.82) is 0 Å². The quantitative estimate of drug-likeness (QED) is 0.881. The van der Waals surface area contributed by atoms with Crippen LogP contribution in [0.15, 0.2) is 29.2 Å². The summed E-state index contributed by atoms with van der Waals surface area (Å²) < 4.78 is 11.3. The third kappa shape index (κ3) is 4.64. The van der Waals surface area contributed by atoms with Gasteiger partial charge in [0, 0.05) is 45.5 Å². The first-order valence-corrected chi connectivity index (χ1v) is 9.24. The minimum Gasteiger partial charge on any atom is -0.337 e. The largest absolute Gasteiger partial charge is 0.337 e. The molecule has 0 aliphatic rings. The minimum absolute atomic E-state index is 0.254. The second-order valence-electron chi connectivity index (χ2n) is 4.86. The molecule has 2 amide bonds. The average molecular weight is 337 g/mol. The lowest BCUT2D eigenvalue weighted by Crippen LogP contribution is -2.30. The molecular weight excluding hydrogens is 318 g/mol. The van der Waals surface area contributed by atoms with Crippen molar-refractivity contribution in [1.82, 2.24) is 10.3 Å². The molecule has 0 bridgehead atoms. The SMILES string of the molecule is Cc1nc(CCNC(=O)Nc2ccc(S(C)=O)cc2)sc1C. The van der Waals surface area contributed by atoms with Gasteiger partial charge in [-0.15, -0.1) is 11.3 Å². The van der Waals surface area contributed by atoms with Gasteiger partial charge in [-0.3, -0.25) is 4.21 Å². The van der Waals surface area contributed by atoms with Crippen LogP contribution >= 0.6 is 11.3 Å². The van der Waals surface area contributed by atoms with Gasteiger partial charge in [0.05, 0.1) is 10.7 Å². The molecule has 0 aliphatic carbocycles. The topological polar surface area (TPSA) is 71.1 Å². The van der Waals surface area contributed by atoms with E-state index in [9.17, 15) is 9.00 Å². The fourth-order valence-electron chi connectivity index (χ4n) is 1.83. The lowest BCUT2D eigenvalue weighted by molar-refractivity contribution is 0.252. The second kappa shape index (κ2) is 7.51. The van der Waals surface area contributed by atoms with Crippen LogP contribution < -0.4 is 10.6 Å². The van der Waals surface area contributed by atoms with Crippen molar-refractivity contribution in [3.05, 3.63) is 39.8 Å². The Kier molecular flexibility index (Phi) is 5.68. The molecule has 2 aromatic rings. The van der Waals surface area contributed by atoms with Gasteiger partial charge in [0.2, 0.25) is 0 Å². The van der Waals surface area contributed by atoms with E-state index >= 15 is 0 Å². The number of nitrogens with one attached hydrogen (secondary N) is 2. The van der Waals surface area contributed by atoms with Gasteiger partial charge in [0.25, 0.3) is 0 Å². The molecular formula is C15H19N3O2S2. The Hall–Kier alpha value is -1.73. The number of hydrogen-bond acceptors (Lipinski definition) is 4. The molecule has 5 nitrogen and oxygen atoms in total. The molecule has 0 aliphatic heterocycles. The highest BCUT2D eigenvalue weighted by Gasteiger charge is 2.05. The highest BCUT2D eigenvalue weighted by Crippen LogP contribution is 2.16. The Labute approximate surface area is 136 Å². The first-order chi connectivity index (χ1) is 10.5. The van der Waals surface area contributed by atoms with E-state index in [1.165, 1.54) is 4.88 Å². The Morgan fingerprint density at radius 3 is 2.50 bits per heavy atom. The van der Waals surface area contributed by atoms with Crippen LogP contribution in [0.2, 0.25) is 0 Å². The second-order valence-corrected chi connectivity index (χ2v) is 7.53.